The lowest BCUT2D eigenvalue weighted by Crippen LogP contribution is -2.20. The predicted molar refractivity (Wildman–Crippen MR) is 70.1 cm³/mol. The van der Waals surface area contributed by atoms with Crippen molar-refractivity contribution in [3.63, 3.8) is 0 Å². The first kappa shape index (κ1) is 15.7. The zero-order chi connectivity index (χ0) is 16.3. The minimum atomic E-state index is -4.72. The summed E-state index contributed by atoms with van der Waals surface area (Å²) in [6.07, 6.45) is -3.27. The number of hydrogen-bond donors (Lipinski definition) is 2. The molecule has 2 rings (SSSR count). The standard InChI is InChI=1S/C13H10F4N4O/c1-18-12(22)7-3-2-4-9(14)10(7)21-11-8(13(15,16)17)5-19-6-20-11/h2-6H,1H3,(H,18,22)(H,19,20,21). The van der Waals surface area contributed by atoms with Crippen LogP contribution in [0, 0.1) is 5.82 Å². The van der Waals surface area contributed by atoms with E-state index in [0.717, 1.165) is 12.4 Å². The Kier molecular flexibility index (Phi) is 4.25. The number of alkyl halides is 3. The number of anilines is 2. The van der Waals surface area contributed by atoms with Crippen LogP contribution in [-0.4, -0.2) is 22.9 Å². The van der Waals surface area contributed by atoms with Crippen molar-refractivity contribution in [2.75, 3.05) is 12.4 Å². The van der Waals surface area contributed by atoms with E-state index in [-0.39, 0.29) is 5.56 Å². The fourth-order valence-electron chi connectivity index (χ4n) is 1.73. The van der Waals surface area contributed by atoms with E-state index in [1.807, 2.05) is 0 Å². The molecule has 1 amide bonds. The van der Waals surface area contributed by atoms with Crippen molar-refractivity contribution in [3.8, 4) is 0 Å². The fourth-order valence-corrected chi connectivity index (χ4v) is 1.73. The molecule has 5 nitrogen and oxygen atoms in total. The molecule has 0 aliphatic rings. The Morgan fingerprint density at radius 1 is 1.27 bits per heavy atom. The molecule has 2 N–H and O–H groups in total. The third kappa shape index (κ3) is 3.13. The molecular formula is C13H10F4N4O. The molecule has 0 saturated heterocycles. The van der Waals surface area contributed by atoms with Crippen LogP contribution in [0.3, 0.4) is 0 Å². The van der Waals surface area contributed by atoms with E-state index in [4.69, 9.17) is 0 Å². The van der Waals surface area contributed by atoms with E-state index in [1.54, 1.807) is 0 Å². The summed E-state index contributed by atoms with van der Waals surface area (Å²) in [5.41, 5.74) is -1.71. The van der Waals surface area contributed by atoms with E-state index in [1.165, 1.54) is 19.2 Å². The van der Waals surface area contributed by atoms with Crippen LogP contribution >= 0.6 is 0 Å². The van der Waals surface area contributed by atoms with Crippen molar-refractivity contribution < 1.29 is 22.4 Å². The highest BCUT2D eigenvalue weighted by atomic mass is 19.4. The zero-order valence-electron chi connectivity index (χ0n) is 11.2. The van der Waals surface area contributed by atoms with E-state index >= 15 is 0 Å². The van der Waals surface area contributed by atoms with Crippen LogP contribution in [0.25, 0.3) is 0 Å². The average Bonchev–Trinajstić information content (AvgIpc) is 2.48. The maximum Gasteiger partial charge on any atom is 0.421 e. The number of halogens is 4. The second-order valence-corrected chi connectivity index (χ2v) is 4.15. The molecule has 1 heterocycles. The summed E-state index contributed by atoms with van der Waals surface area (Å²) < 4.78 is 52.5. The van der Waals surface area contributed by atoms with E-state index < -0.39 is 35.0 Å². The monoisotopic (exact) mass is 314 g/mol. The van der Waals surface area contributed by atoms with Crippen molar-refractivity contribution in [3.05, 3.63) is 47.7 Å². The van der Waals surface area contributed by atoms with Crippen LogP contribution in [0.15, 0.2) is 30.7 Å². The maximum absolute atomic E-state index is 13.9. The van der Waals surface area contributed by atoms with Gasteiger partial charge in [-0.05, 0) is 12.1 Å². The van der Waals surface area contributed by atoms with E-state index in [2.05, 4.69) is 20.6 Å². The first-order valence-electron chi connectivity index (χ1n) is 5.99. The summed E-state index contributed by atoms with van der Waals surface area (Å²) in [5.74, 6) is -2.17. The predicted octanol–water partition coefficient (Wildman–Crippen LogP) is 2.74. The average molecular weight is 314 g/mol. The Hall–Kier alpha value is -2.71. The summed E-state index contributed by atoms with van der Waals surface area (Å²) in [6, 6.07) is 3.57. The Balaban J connectivity index is 2.51. The molecule has 0 saturated carbocycles. The highest BCUT2D eigenvalue weighted by Crippen LogP contribution is 2.35. The molecule has 9 heteroatoms. The van der Waals surface area contributed by atoms with Crippen molar-refractivity contribution in [2.45, 2.75) is 6.18 Å². The number of carbonyl (C=O) groups is 1. The summed E-state index contributed by atoms with van der Waals surface area (Å²) in [4.78, 5) is 18.5. The van der Waals surface area contributed by atoms with Crippen molar-refractivity contribution in [2.24, 2.45) is 0 Å². The quantitative estimate of drug-likeness (QED) is 0.855. The van der Waals surface area contributed by atoms with Gasteiger partial charge < -0.3 is 10.6 Å². The van der Waals surface area contributed by atoms with Crippen molar-refractivity contribution >= 4 is 17.4 Å². The normalized spacial score (nSPS) is 11.1. The van der Waals surface area contributed by atoms with Gasteiger partial charge in [-0.15, -0.1) is 0 Å². The highest BCUT2D eigenvalue weighted by Gasteiger charge is 2.35. The lowest BCUT2D eigenvalue weighted by atomic mass is 10.1. The topological polar surface area (TPSA) is 66.9 Å². The van der Waals surface area contributed by atoms with Gasteiger partial charge in [-0.2, -0.15) is 13.2 Å². The maximum atomic E-state index is 13.9. The molecular weight excluding hydrogens is 304 g/mol. The van der Waals surface area contributed by atoms with Crippen LogP contribution in [0.5, 0.6) is 0 Å². The van der Waals surface area contributed by atoms with Gasteiger partial charge in [0.05, 0.1) is 11.3 Å². The highest BCUT2D eigenvalue weighted by molar-refractivity contribution is 6.00. The molecule has 0 aliphatic carbocycles. The minimum Gasteiger partial charge on any atom is -0.355 e. The van der Waals surface area contributed by atoms with Gasteiger partial charge in [0.2, 0.25) is 0 Å². The summed E-state index contributed by atoms with van der Waals surface area (Å²) in [7, 11) is 1.32. The summed E-state index contributed by atoms with van der Waals surface area (Å²) in [5, 5.41) is 4.50. The first-order valence-corrected chi connectivity index (χ1v) is 5.99. The molecule has 0 radical (unpaired) electrons. The molecule has 0 aliphatic heterocycles. The molecule has 116 valence electrons. The van der Waals surface area contributed by atoms with Crippen molar-refractivity contribution in [1.82, 2.24) is 15.3 Å². The molecule has 0 spiro atoms. The van der Waals surface area contributed by atoms with Crippen LogP contribution in [0.1, 0.15) is 15.9 Å². The number of nitrogens with zero attached hydrogens (tertiary/aromatic N) is 2. The molecule has 22 heavy (non-hydrogen) atoms. The molecule has 1 aromatic heterocycles. The van der Waals surface area contributed by atoms with Gasteiger partial charge in [0, 0.05) is 13.2 Å². The number of amides is 1. The van der Waals surface area contributed by atoms with Gasteiger partial charge in [0.15, 0.2) is 0 Å². The largest absolute Gasteiger partial charge is 0.421 e. The van der Waals surface area contributed by atoms with Gasteiger partial charge in [-0.3, -0.25) is 4.79 Å². The second-order valence-electron chi connectivity index (χ2n) is 4.15. The Bertz CT molecular complexity index is 703. The molecule has 0 fully saturated rings. The zero-order valence-corrected chi connectivity index (χ0v) is 11.2. The van der Waals surface area contributed by atoms with Gasteiger partial charge >= 0.3 is 6.18 Å². The number of aromatic nitrogens is 2. The van der Waals surface area contributed by atoms with Gasteiger partial charge in [-0.25, -0.2) is 14.4 Å². The smallest absolute Gasteiger partial charge is 0.355 e. The number of rotatable bonds is 3. The molecule has 1 aromatic carbocycles. The Labute approximate surface area is 122 Å². The van der Waals surface area contributed by atoms with E-state index in [9.17, 15) is 22.4 Å². The molecule has 2 aromatic rings. The third-order valence-electron chi connectivity index (χ3n) is 2.75. The SMILES string of the molecule is CNC(=O)c1cccc(F)c1Nc1ncncc1C(F)(F)F. The lowest BCUT2D eigenvalue weighted by molar-refractivity contribution is -0.137. The van der Waals surface area contributed by atoms with Crippen LogP contribution < -0.4 is 10.6 Å². The second kappa shape index (κ2) is 5.96. The number of carbonyl (C=O) groups excluding carboxylic acids is 1. The summed E-state index contributed by atoms with van der Waals surface area (Å²) in [6.45, 7) is 0. The van der Waals surface area contributed by atoms with Crippen LogP contribution in [0.2, 0.25) is 0 Å². The third-order valence-corrected chi connectivity index (χ3v) is 2.75. The van der Waals surface area contributed by atoms with Crippen LogP contribution in [0.4, 0.5) is 29.1 Å². The lowest BCUT2D eigenvalue weighted by Gasteiger charge is -2.15. The molecule has 0 bridgehead atoms. The molecule has 0 unspecified atom stereocenters. The molecule has 0 atom stereocenters. The number of nitrogens with one attached hydrogen (secondary N) is 2. The number of benzene rings is 1. The van der Waals surface area contributed by atoms with E-state index in [0.29, 0.717) is 6.20 Å². The van der Waals surface area contributed by atoms with Crippen molar-refractivity contribution in [1.29, 1.82) is 0 Å². The van der Waals surface area contributed by atoms with Gasteiger partial charge in [0.1, 0.15) is 23.5 Å². The Morgan fingerprint density at radius 2 is 2.00 bits per heavy atom. The Morgan fingerprint density at radius 3 is 2.64 bits per heavy atom. The van der Waals surface area contributed by atoms with Gasteiger partial charge in [0.25, 0.3) is 5.91 Å². The van der Waals surface area contributed by atoms with Crippen LogP contribution in [-0.2, 0) is 6.18 Å². The fraction of sp³-hybridized carbons (Fsp3) is 0.154. The number of hydrogen-bond acceptors (Lipinski definition) is 4. The summed E-state index contributed by atoms with van der Waals surface area (Å²) >= 11 is 0. The minimum absolute atomic E-state index is 0.144. The van der Waals surface area contributed by atoms with Gasteiger partial charge in [-0.1, -0.05) is 6.07 Å². The first-order chi connectivity index (χ1) is 10.3. The number of para-hydroxylation sites is 1.